The Kier molecular flexibility index (Phi) is 5.25. The predicted octanol–water partition coefficient (Wildman–Crippen LogP) is 2.69. The maximum atomic E-state index is 5.89. The van der Waals surface area contributed by atoms with Gasteiger partial charge in [0.15, 0.2) is 0 Å². The first-order valence-electron chi connectivity index (χ1n) is 6.99. The first-order valence-corrected chi connectivity index (χ1v) is 7.78. The number of hydrogen-bond acceptors (Lipinski definition) is 3. The average Bonchev–Trinajstić information content (AvgIpc) is 2.38. The highest BCUT2D eigenvalue weighted by Gasteiger charge is 2.21. The summed E-state index contributed by atoms with van der Waals surface area (Å²) in [7, 11) is 4.32. The quantitative estimate of drug-likeness (QED) is 0.923. The van der Waals surface area contributed by atoms with Gasteiger partial charge < -0.3 is 15.5 Å². The highest BCUT2D eigenvalue weighted by molar-refractivity contribution is 9.10. The number of piperidine rings is 1. The minimum atomic E-state index is 0.592. The number of anilines is 1. The number of nitrogens with two attached hydrogens (primary N) is 1. The molecule has 2 rings (SSSR count). The topological polar surface area (TPSA) is 32.5 Å². The van der Waals surface area contributed by atoms with Crippen molar-refractivity contribution in [3.8, 4) is 0 Å². The van der Waals surface area contributed by atoms with Crippen molar-refractivity contribution in [1.82, 2.24) is 4.90 Å². The molecular formula is C15H24BrN3. The van der Waals surface area contributed by atoms with Crippen LogP contribution >= 0.6 is 15.9 Å². The van der Waals surface area contributed by atoms with Gasteiger partial charge in [0.05, 0.1) is 0 Å². The van der Waals surface area contributed by atoms with E-state index in [1.165, 1.54) is 30.6 Å². The lowest BCUT2D eigenvalue weighted by Gasteiger charge is -2.35. The summed E-state index contributed by atoms with van der Waals surface area (Å²) in [6.45, 7) is 4.08. The first kappa shape index (κ1) is 14.8. The Labute approximate surface area is 124 Å². The molecule has 1 heterocycles. The summed E-state index contributed by atoms with van der Waals surface area (Å²) in [5.41, 5.74) is 8.42. The molecule has 19 heavy (non-hydrogen) atoms. The molecule has 0 radical (unpaired) electrons. The molecule has 0 aromatic heterocycles. The molecular weight excluding hydrogens is 302 g/mol. The second-order valence-electron chi connectivity index (χ2n) is 5.63. The zero-order chi connectivity index (χ0) is 13.8. The summed E-state index contributed by atoms with van der Waals surface area (Å²) in [6.07, 6.45) is 2.55. The van der Waals surface area contributed by atoms with Gasteiger partial charge in [-0.3, -0.25) is 0 Å². The summed E-state index contributed by atoms with van der Waals surface area (Å²) in [5, 5.41) is 0. The third-order valence-corrected chi connectivity index (χ3v) is 4.62. The Morgan fingerprint density at radius 3 is 2.58 bits per heavy atom. The van der Waals surface area contributed by atoms with E-state index in [-0.39, 0.29) is 0 Å². The van der Waals surface area contributed by atoms with Crippen LogP contribution < -0.4 is 10.6 Å². The van der Waals surface area contributed by atoms with Crippen LogP contribution in [-0.2, 0) is 6.54 Å². The molecule has 4 heteroatoms. The number of hydrogen-bond donors (Lipinski definition) is 1. The molecule has 1 aromatic carbocycles. The maximum absolute atomic E-state index is 5.89. The van der Waals surface area contributed by atoms with Crippen LogP contribution in [-0.4, -0.2) is 38.6 Å². The van der Waals surface area contributed by atoms with E-state index in [1.807, 2.05) is 0 Å². The van der Waals surface area contributed by atoms with Crippen LogP contribution in [0.2, 0.25) is 0 Å². The molecule has 2 N–H and O–H groups in total. The Hall–Kier alpha value is -0.580. The van der Waals surface area contributed by atoms with Gasteiger partial charge in [-0.15, -0.1) is 0 Å². The lowest BCUT2D eigenvalue weighted by Crippen LogP contribution is -2.37. The summed E-state index contributed by atoms with van der Waals surface area (Å²) < 4.78 is 1.13. The van der Waals surface area contributed by atoms with Gasteiger partial charge in [0.2, 0.25) is 0 Å². The van der Waals surface area contributed by atoms with Crippen molar-refractivity contribution in [2.24, 2.45) is 11.7 Å². The van der Waals surface area contributed by atoms with Crippen LogP contribution in [0.4, 0.5) is 5.69 Å². The lowest BCUT2D eigenvalue weighted by molar-refractivity contribution is 0.285. The molecule has 0 saturated carbocycles. The monoisotopic (exact) mass is 325 g/mol. The molecule has 0 unspecified atom stereocenters. The zero-order valence-corrected chi connectivity index (χ0v) is 13.5. The summed E-state index contributed by atoms with van der Waals surface area (Å²) in [6, 6.07) is 6.37. The third-order valence-electron chi connectivity index (χ3n) is 3.88. The molecule has 0 bridgehead atoms. The molecule has 0 amide bonds. The largest absolute Gasteiger partial charge is 0.371 e. The highest BCUT2D eigenvalue weighted by Crippen LogP contribution is 2.30. The Bertz CT molecular complexity index is 412. The van der Waals surface area contributed by atoms with Crippen molar-refractivity contribution in [2.45, 2.75) is 19.4 Å². The standard InChI is InChI=1S/C15H24BrN3/c1-18(2)11-12-6-8-19(9-7-12)15-5-3-4-14(16)13(15)10-17/h3-5,12H,6-11,17H2,1-2H3. The molecule has 106 valence electrons. The van der Waals surface area contributed by atoms with Crippen molar-refractivity contribution < 1.29 is 0 Å². The molecule has 0 aliphatic carbocycles. The summed E-state index contributed by atoms with van der Waals surface area (Å²) in [4.78, 5) is 4.78. The molecule has 3 nitrogen and oxygen atoms in total. The minimum absolute atomic E-state index is 0.592. The van der Waals surface area contributed by atoms with Gasteiger partial charge in [-0.05, 0) is 45.0 Å². The Morgan fingerprint density at radius 2 is 2.00 bits per heavy atom. The van der Waals surface area contributed by atoms with E-state index in [1.54, 1.807) is 0 Å². The zero-order valence-electron chi connectivity index (χ0n) is 11.9. The SMILES string of the molecule is CN(C)CC1CCN(c2cccc(Br)c2CN)CC1. The van der Waals surface area contributed by atoms with E-state index in [0.29, 0.717) is 6.54 Å². The molecule has 1 saturated heterocycles. The number of halogens is 1. The van der Waals surface area contributed by atoms with Crippen LogP contribution in [0.5, 0.6) is 0 Å². The van der Waals surface area contributed by atoms with Gasteiger partial charge >= 0.3 is 0 Å². The normalized spacial score (nSPS) is 17.2. The highest BCUT2D eigenvalue weighted by atomic mass is 79.9. The third kappa shape index (κ3) is 3.71. The number of benzene rings is 1. The van der Waals surface area contributed by atoms with Crippen molar-refractivity contribution in [3.05, 3.63) is 28.2 Å². The van der Waals surface area contributed by atoms with Gasteiger partial charge in [0, 0.05) is 41.9 Å². The number of nitrogens with zero attached hydrogens (tertiary/aromatic N) is 2. The molecule has 1 fully saturated rings. The van der Waals surface area contributed by atoms with E-state index >= 15 is 0 Å². The van der Waals surface area contributed by atoms with Crippen LogP contribution in [0.1, 0.15) is 18.4 Å². The fourth-order valence-corrected chi connectivity index (χ4v) is 3.44. The summed E-state index contributed by atoms with van der Waals surface area (Å²) in [5.74, 6) is 0.833. The van der Waals surface area contributed by atoms with E-state index in [0.717, 1.165) is 23.5 Å². The van der Waals surface area contributed by atoms with E-state index in [4.69, 9.17) is 5.73 Å². The van der Waals surface area contributed by atoms with Gasteiger partial charge in [-0.2, -0.15) is 0 Å². The van der Waals surface area contributed by atoms with Gasteiger partial charge in [-0.1, -0.05) is 22.0 Å². The molecule has 0 atom stereocenters. The van der Waals surface area contributed by atoms with Crippen molar-refractivity contribution >= 4 is 21.6 Å². The van der Waals surface area contributed by atoms with Crippen LogP contribution in [0, 0.1) is 5.92 Å². The van der Waals surface area contributed by atoms with Crippen LogP contribution in [0.3, 0.4) is 0 Å². The van der Waals surface area contributed by atoms with Gasteiger partial charge in [0.25, 0.3) is 0 Å². The van der Waals surface area contributed by atoms with Crippen molar-refractivity contribution in [3.63, 3.8) is 0 Å². The van der Waals surface area contributed by atoms with E-state index < -0.39 is 0 Å². The average molecular weight is 326 g/mol. The second kappa shape index (κ2) is 6.73. The second-order valence-corrected chi connectivity index (χ2v) is 6.49. The fourth-order valence-electron chi connectivity index (χ4n) is 2.92. The van der Waals surface area contributed by atoms with E-state index in [9.17, 15) is 0 Å². The van der Waals surface area contributed by atoms with Gasteiger partial charge in [0.1, 0.15) is 0 Å². The van der Waals surface area contributed by atoms with E-state index in [2.05, 4.69) is 58.0 Å². The summed E-state index contributed by atoms with van der Waals surface area (Å²) >= 11 is 3.61. The van der Waals surface area contributed by atoms with Crippen molar-refractivity contribution in [2.75, 3.05) is 38.6 Å². The molecule has 0 spiro atoms. The lowest BCUT2D eigenvalue weighted by atomic mass is 9.95. The van der Waals surface area contributed by atoms with Crippen LogP contribution in [0.25, 0.3) is 0 Å². The predicted molar refractivity (Wildman–Crippen MR) is 85.5 cm³/mol. The minimum Gasteiger partial charge on any atom is -0.371 e. The maximum Gasteiger partial charge on any atom is 0.0423 e. The first-order chi connectivity index (χ1) is 9.11. The molecule has 1 aliphatic rings. The smallest absolute Gasteiger partial charge is 0.0423 e. The van der Waals surface area contributed by atoms with Gasteiger partial charge in [-0.25, -0.2) is 0 Å². The Balaban J connectivity index is 2.03. The number of rotatable bonds is 4. The van der Waals surface area contributed by atoms with Crippen molar-refractivity contribution in [1.29, 1.82) is 0 Å². The molecule has 1 aliphatic heterocycles. The Morgan fingerprint density at radius 1 is 1.32 bits per heavy atom. The fraction of sp³-hybridized carbons (Fsp3) is 0.600. The molecule has 1 aromatic rings. The van der Waals surface area contributed by atoms with Crippen LogP contribution in [0.15, 0.2) is 22.7 Å².